The SMILES string of the molecule is O=C1CCC(c2nc(-c3ccc(F)cc3)no2)N1Cc1ccc(OC(F)(F)F)cc1. The molecule has 0 bridgehead atoms. The molecule has 30 heavy (non-hydrogen) atoms. The Hall–Kier alpha value is -3.43. The van der Waals surface area contributed by atoms with Crippen LogP contribution in [0.2, 0.25) is 0 Å². The first-order valence-electron chi connectivity index (χ1n) is 9.02. The fraction of sp³-hybridized carbons (Fsp3) is 0.250. The van der Waals surface area contributed by atoms with Crippen molar-refractivity contribution in [1.29, 1.82) is 0 Å². The summed E-state index contributed by atoms with van der Waals surface area (Å²) in [5.74, 6) is -0.328. The fourth-order valence-corrected chi connectivity index (χ4v) is 3.27. The Balaban J connectivity index is 1.50. The van der Waals surface area contributed by atoms with Crippen LogP contribution in [-0.4, -0.2) is 27.3 Å². The third-order valence-electron chi connectivity index (χ3n) is 4.67. The molecule has 1 amide bonds. The second-order valence-corrected chi connectivity index (χ2v) is 6.73. The number of hydrogen-bond acceptors (Lipinski definition) is 5. The number of benzene rings is 2. The summed E-state index contributed by atoms with van der Waals surface area (Å²) in [6.07, 6.45) is -4.01. The van der Waals surface area contributed by atoms with Crippen molar-refractivity contribution >= 4 is 5.91 Å². The Labute approximate surface area is 168 Å². The molecule has 0 radical (unpaired) electrons. The summed E-state index contributed by atoms with van der Waals surface area (Å²) in [5.41, 5.74) is 1.20. The van der Waals surface area contributed by atoms with Crippen LogP contribution in [0.1, 0.15) is 30.3 Å². The maximum Gasteiger partial charge on any atom is 0.573 e. The van der Waals surface area contributed by atoms with Crippen LogP contribution in [0.4, 0.5) is 17.6 Å². The minimum absolute atomic E-state index is 0.128. The average Bonchev–Trinajstić information content (AvgIpc) is 3.30. The van der Waals surface area contributed by atoms with Gasteiger partial charge in [0.05, 0.1) is 0 Å². The number of amides is 1. The van der Waals surface area contributed by atoms with Gasteiger partial charge in [0, 0.05) is 18.5 Å². The molecule has 0 N–H and O–H groups in total. The van der Waals surface area contributed by atoms with Crippen molar-refractivity contribution in [3.05, 3.63) is 65.8 Å². The van der Waals surface area contributed by atoms with E-state index in [0.29, 0.717) is 17.5 Å². The molecule has 2 heterocycles. The fourth-order valence-electron chi connectivity index (χ4n) is 3.27. The van der Waals surface area contributed by atoms with Crippen molar-refractivity contribution in [2.24, 2.45) is 0 Å². The second kappa shape index (κ2) is 7.77. The van der Waals surface area contributed by atoms with Crippen LogP contribution in [-0.2, 0) is 11.3 Å². The van der Waals surface area contributed by atoms with Crippen molar-refractivity contribution in [2.45, 2.75) is 31.8 Å². The number of rotatable bonds is 5. The second-order valence-electron chi connectivity index (χ2n) is 6.73. The van der Waals surface area contributed by atoms with Gasteiger partial charge in [-0.25, -0.2) is 4.39 Å². The van der Waals surface area contributed by atoms with E-state index in [1.165, 1.54) is 48.5 Å². The van der Waals surface area contributed by atoms with Crippen LogP contribution in [0.5, 0.6) is 5.75 Å². The zero-order chi connectivity index (χ0) is 21.3. The number of halogens is 4. The van der Waals surface area contributed by atoms with E-state index < -0.39 is 12.4 Å². The number of aromatic nitrogens is 2. The summed E-state index contributed by atoms with van der Waals surface area (Å²) in [4.78, 5) is 18.2. The van der Waals surface area contributed by atoms with Crippen LogP contribution in [0.25, 0.3) is 11.4 Å². The van der Waals surface area contributed by atoms with Gasteiger partial charge >= 0.3 is 6.36 Å². The van der Waals surface area contributed by atoms with Gasteiger partial charge in [-0.15, -0.1) is 13.2 Å². The van der Waals surface area contributed by atoms with E-state index in [1.54, 1.807) is 4.90 Å². The Kier molecular flexibility index (Phi) is 5.15. The molecule has 6 nitrogen and oxygen atoms in total. The first kappa shape index (κ1) is 19.9. The molecule has 1 fully saturated rings. The highest BCUT2D eigenvalue weighted by Crippen LogP contribution is 2.34. The van der Waals surface area contributed by atoms with Gasteiger partial charge in [0.1, 0.15) is 17.6 Å². The number of nitrogens with zero attached hydrogens (tertiary/aromatic N) is 3. The first-order chi connectivity index (χ1) is 14.3. The summed E-state index contributed by atoms with van der Waals surface area (Å²) >= 11 is 0. The molecule has 1 saturated heterocycles. The van der Waals surface area contributed by atoms with Crippen LogP contribution < -0.4 is 4.74 Å². The number of carbonyl (C=O) groups is 1. The van der Waals surface area contributed by atoms with Gasteiger partial charge < -0.3 is 14.2 Å². The molecule has 2 aromatic carbocycles. The third-order valence-corrected chi connectivity index (χ3v) is 4.67. The smallest absolute Gasteiger partial charge is 0.406 e. The summed E-state index contributed by atoms with van der Waals surface area (Å²) in [6.45, 7) is 0.171. The molecule has 3 aromatic rings. The summed E-state index contributed by atoms with van der Waals surface area (Å²) < 4.78 is 59.1. The van der Waals surface area contributed by atoms with Crippen molar-refractivity contribution in [3.8, 4) is 17.1 Å². The van der Waals surface area contributed by atoms with Crippen LogP contribution in [0.15, 0.2) is 53.1 Å². The van der Waals surface area contributed by atoms with Crippen molar-refractivity contribution in [1.82, 2.24) is 15.0 Å². The lowest BCUT2D eigenvalue weighted by Gasteiger charge is -2.22. The van der Waals surface area contributed by atoms with Crippen molar-refractivity contribution < 1.29 is 31.6 Å². The van der Waals surface area contributed by atoms with Crippen LogP contribution in [0, 0.1) is 5.82 Å². The highest BCUT2D eigenvalue weighted by atomic mass is 19.4. The molecule has 156 valence electrons. The summed E-state index contributed by atoms with van der Waals surface area (Å²) in [5, 5.41) is 3.90. The lowest BCUT2D eigenvalue weighted by atomic mass is 10.1. The Bertz CT molecular complexity index is 1030. The number of carbonyl (C=O) groups excluding carboxylic acids is 1. The topological polar surface area (TPSA) is 68.5 Å². The van der Waals surface area contributed by atoms with Gasteiger partial charge in [-0.2, -0.15) is 4.98 Å². The van der Waals surface area contributed by atoms with E-state index in [2.05, 4.69) is 14.9 Å². The van der Waals surface area contributed by atoms with E-state index in [1.807, 2.05) is 0 Å². The molecule has 4 rings (SSSR count). The molecule has 0 aliphatic carbocycles. The zero-order valence-corrected chi connectivity index (χ0v) is 15.4. The van der Waals surface area contributed by atoms with E-state index in [0.717, 1.165) is 0 Å². The molecule has 1 unspecified atom stereocenters. The largest absolute Gasteiger partial charge is 0.573 e. The van der Waals surface area contributed by atoms with Gasteiger partial charge in [-0.05, 0) is 48.4 Å². The lowest BCUT2D eigenvalue weighted by Crippen LogP contribution is -2.27. The highest BCUT2D eigenvalue weighted by molar-refractivity contribution is 5.78. The van der Waals surface area contributed by atoms with Gasteiger partial charge in [-0.1, -0.05) is 17.3 Å². The van der Waals surface area contributed by atoms with E-state index in [-0.39, 0.29) is 42.2 Å². The predicted octanol–water partition coefficient (Wildman–Crippen LogP) is 4.64. The van der Waals surface area contributed by atoms with E-state index in [4.69, 9.17) is 4.52 Å². The Morgan fingerprint density at radius 2 is 1.80 bits per heavy atom. The van der Waals surface area contributed by atoms with E-state index in [9.17, 15) is 22.4 Å². The normalized spacial score (nSPS) is 16.9. The molecule has 1 aliphatic heterocycles. The van der Waals surface area contributed by atoms with Crippen molar-refractivity contribution in [3.63, 3.8) is 0 Å². The van der Waals surface area contributed by atoms with Gasteiger partial charge in [0.2, 0.25) is 17.6 Å². The minimum Gasteiger partial charge on any atom is -0.406 e. The first-order valence-corrected chi connectivity index (χ1v) is 9.02. The Morgan fingerprint density at radius 3 is 2.47 bits per heavy atom. The van der Waals surface area contributed by atoms with Crippen LogP contribution >= 0.6 is 0 Å². The summed E-state index contributed by atoms with van der Waals surface area (Å²) in [7, 11) is 0. The average molecular weight is 421 g/mol. The maximum absolute atomic E-state index is 13.1. The van der Waals surface area contributed by atoms with Gasteiger partial charge in [0.25, 0.3) is 0 Å². The lowest BCUT2D eigenvalue weighted by molar-refractivity contribution is -0.274. The number of alkyl halides is 3. The quantitative estimate of drug-likeness (QED) is 0.562. The monoisotopic (exact) mass is 421 g/mol. The molecule has 1 aromatic heterocycles. The number of hydrogen-bond donors (Lipinski definition) is 0. The third kappa shape index (κ3) is 4.42. The van der Waals surface area contributed by atoms with Gasteiger partial charge in [0.15, 0.2) is 0 Å². The molecule has 1 aliphatic rings. The Morgan fingerprint density at radius 1 is 1.10 bits per heavy atom. The minimum atomic E-state index is -4.77. The molecular formula is C20H15F4N3O3. The zero-order valence-electron chi connectivity index (χ0n) is 15.4. The van der Waals surface area contributed by atoms with E-state index >= 15 is 0 Å². The molecule has 0 saturated carbocycles. The van der Waals surface area contributed by atoms with Crippen LogP contribution in [0.3, 0.4) is 0 Å². The summed E-state index contributed by atoms with van der Waals surface area (Å²) in [6, 6.07) is 10.5. The maximum atomic E-state index is 13.1. The molecular weight excluding hydrogens is 406 g/mol. The molecule has 10 heteroatoms. The standard InChI is InChI=1S/C20H15F4N3O3/c21-14-5-3-13(4-6-14)18-25-19(30-26-18)16-9-10-17(28)27(16)11-12-1-7-15(8-2-12)29-20(22,23)24/h1-8,16H,9-11H2. The molecule has 0 spiro atoms. The number of likely N-dealkylation sites (tertiary alicyclic amines) is 1. The number of ether oxygens (including phenoxy) is 1. The van der Waals surface area contributed by atoms with Gasteiger partial charge in [-0.3, -0.25) is 4.79 Å². The molecule has 1 atom stereocenters. The van der Waals surface area contributed by atoms with Crippen molar-refractivity contribution in [2.75, 3.05) is 0 Å². The predicted molar refractivity (Wildman–Crippen MR) is 95.3 cm³/mol. The highest BCUT2D eigenvalue weighted by Gasteiger charge is 2.36.